The maximum absolute atomic E-state index is 11.8. The fourth-order valence-corrected chi connectivity index (χ4v) is 1.31. The average Bonchev–Trinajstić information content (AvgIpc) is 2.76. The molecule has 0 aliphatic heterocycles. The zero-order chi connectivity index (χ0) is 14.6. The number of hydrogen-bond donors (Lipinski definition) is 4. The van der Waals surface area contributed by atoms with E-state index in [-0.39, 0.29) is 24.3 Å². The number of nitrogens with one attached hydrogen (secondary N) is 2. The third kappa shape index (κ3) is 4.02. The molecule has 4 N–H and O–H groups in total. The maximum Gasteiger partial charge on any atom is 0.326 e. The number of carboxylic acids is 1. The van der Waals surface area contributed by atoms with Gasteiger partial charge in [-0.05, 0) is 0 Å². The molecule has 1 unspecified atom stereocenters. The van der Waals surface area contributed by atoms with Crippen molar-refractivity contribution in [1.82, 2.24) is 20.5 Å². The molecular weight excluding hydrogens is 252 g/mol. The number of hydrogen-bond acceptors (Lipinski definition) is 5. The van der Waals surface area contributed by atoms with Crippen molar-refractivity contribution in [2.75, 3.05) is 6.61 Å². The molecule has 0 aromatic carbocycles. The van der Waals surface area contributed by atoms with Gasteiger partial charge in [-0.25, -0.2) is 9.78 Å². The summed E-state index contributed by atoms with van der Waals surface area (Å²) in [5.41, 5.74) is -0.289. The molecular formula is C11H18N4O4. The molecule has 0 radical (unpaired) electrons. The normalized spacial score (nSPS) is 13.1. The molecule has 1 aromatic rings. The van der Waals surface area contributed by atoms with Crippen LogP contribution in [0.15, 0.2) is 0 Å². The number of carboxylic acid groups (broad SMARTS) is 1. The van der Waals surface area contributed by atoms with Crippen molar-refractivity contribution in [2.24, 2.45) is 0 Å². The van der Waals surface area contributed by atoms with E-state index in [1.807, 2.05) is 20.8 Å². The van der Waals surface area contributed by atoms with Crippen molar-refractivity contribution >= 4 is 11.9 Å². The molecule has 8 heteroatoms. The van der Waals surface area contributed by atoms with Crippen molar-refractivity contribution in [3.63, 3.8) is 0 Å². The number of aliphatic hydroxyl groups is 1. The summed E-state index contributed by atoms with van der Waals surface area (Å²) in [6.07, 6.45) is -0.0718. The van der Waals surface area contributed by atoms with Crippen molar-refractivity contribution in [3.05, 3.63) is 11.6 Å². The van der Waals surface area contributed by atoms with Gasteiger partial charge in [-0.15, -0.1) is 5.10 Å². The van der Waals surface area contributed by atoms with E-state index in [4.69, 9.17) is 10.2 Å². The lowest BCUT2D eigenvalue weighted by atomic mass is 9.96. The molecule has 0 aliphatic carbocycles. The van der Waals surface area contributed by atoms with E-state index in [1.54, 1.807) is 0 Å². The van der Waals surface area contributed by atoms with Crippen LogP contribution in [0, 0.1) is 0 Å². The predicted molar refractivity (Wildman–Crippen MR) is 65.7 cm³/mol. The molecule has 1 aromatic heterocycles. The Hall–Kier alpha value is -1.96. The van der Waals surface area contributed by atoms with Gasteiger partial charge in [0.25, 0.3) is 5.91 Å². The molecule has 0 aliphatic rings. The third-order valence-electron chi connectivity index (χ3n) is 2.42. The van der Waals surface area contributed by atoms with E-state index in [0.717, 1.165) is 0 Å². The van der Waals surface area contributed by atoms with Gasteiger partial charge in [0.05, 0.1) is 0 Å². The highest BCUT2D eigenvalue weighted by Crippen LogP contribution is 2.17. The van der Waals surface area contributed by atoms with Gasteiger partial charge >= 0.3 is 5.97 Å². The van der Waals surface area contributed by atoms with Crippen molar-refractivity contribution < 1.29 is 19.8 Å². The molecule has 0 fully saturated rings. The molecule has 19 heavy (non-hydrogen) atoms. The number of aromatic nitrogens is 3. The maximum atomic E-state index is 11.8. The van der Waals surface area contributed by atoms with Gasteiger partial charge in [-0.1, -0.05) is 20.8 Å². The lowest BCUT2D eigenvalue weighted by Crippen LogP contribution is -2.41. The highest BCUT2D eigenvalue weighted by atomic mass is 16.4. The first-order valence-electron chi connectivity index (χ1n) is 5.83. The van der Waals surface area contributed by atoms with Crippen LogP contribution >= 0.6 is 0 Å². The lowest BCUT2D eigenvalue weighted by Gasteiger charge is -2.13. The molecule has 0 saturated heterocycles. The number of aromatic amines is 1. The van der Waals surface area contributed by atoms with E-state index in [1.165, 1.54) is 0 Å². The number of nitrogens with zero attached hydrogens (tertiary/aromatic N) is 2. The molecule has 0 bridgehead atoms. The quantitative estimate of drug-likeness (QED) is 0.580. The van der Waals surface area contributed by atoms with Crippen LogP contribution in [0.1, 0.15) is 43.6 Å². The summed E-state index contributed by atoms with van der Waals surface area (Å²) in [7, 11) is 0. The number of carbonyl (C=O) groups is 2. The van der Waals surface area contributed by atoms with E-state index in [2.05, 4.69) is 20.5 Å². The fraction of sp³-hybridized carbons (Fsp3) is 0.636. The number of amides is 1. The highest BCUT2D eigenvalue weighted by Gasteiger charge is 2.24. The number of aliphatic hydroxyl groups excluding tert-OH is 1. The lowest BCUT2D eigenvalue weighted by molar-refractivity contribution is -0.139. The third-order valence-corrected chi connectivity index (χ3v) is 2.42. The summed E-state index contributed by atoms with van der Waals surface area (Å²) in [6, 6.07) is -1.16. The van der Waals surface area contributed by atoms with Crippen LogP contribution in [0.3, 0.4) is 0 Å². The van der Waals surface area contributed by atoms with E-state index >= 15 is 0 Å². The topological polar surface area (TPSA) is 128 Å². The van der Waals surface area contributed by atoms with Gasteiger partial charge in [0.1, 0.15) is 11.9 Å². The average molecular weight is 270 g/mol. The van der Waals surface area contributed by atoms with Crippen LogP contribution in [0.25, 0.3) is 0 Å². The Morgan fingerprint density at radius 2 is 2.05 bits per heavy atom. The Labute approximate surface area is 110 Å². The number of H-pyrrole nitrogens is 1. The van der Waals surface area contributed by atoms with Gasteiger partial charge in [0.2, 0.25) is 5.82 Å². The number of rotatable bonds is 5. The monoisotopic (exact) mass is 270 g/mol. The summed E-state index contributed by atoms with van der Waals surface area (Å²) in [6.45, 7) is 5.38. The van der Waals surface area contributed by atoms with E-state index < -0.39 is 17.9 Å². The second-order valence-corrected chi connectivity index (χ2v) is 5.13. The van der Waals surface area contributed by atoms with Crippen LogP contribution in [-0.2, 0) is 10.2 Å². The summed E-state index contributed by atoms with van der Waals surface area (Å²) in [5.74, 6) is -1.48. The standard InChI is InChI=1S/C11H18N4O4/c1-11(2,3)10-13-7(14-15-10)8(17)12-6(4-5-16)9(18)19/h6,16H,4-5H2,1-3H3,(H,12,17)(H,18,19)(H,13,14,15). The molecule has 106 valence electrons. The Morgan fingerprint density at radius 1 is 1.42 bits per heavy atom. The number of carbonyl (C=O) groups excluding carboxylic acids is 1. The zero-order valence-corrected chi connectivity index (χ0v) is 11.1. The van der Waals surface area contributed by atoms with Gasteiger partial charge in [0.15, 0.2) is 0 Å². The largest absolute Gasteiger partial charge is 0.480 e. The zero-order valence-electron chi connectivity index (χ0n) is 11.1. The predicted octanol–water partition coefficient (Wildman–Crippen LogP) is -0.332. The molecule has 0 spiro atoms. The minimum Gasteiger partial charge on any atom is -0.480 e. The molecule has 1 amide bonds. The Kier molecular flexibility index (Phi) is 4.60. The smallest absolute Gasteiger partial charge is 0.326 e. The van der Waals surface area contributed by atoms with Gasteiger partial charge in [0, 0.05) is 18.4 Å². The molecule has 8 nitrogen and oxygen atoms in total. The molecule has 1 atom stereocenters. The van der Waals surface area contributed by atoms with Crippen LogP contribution in [0.2, 0.25) is 0 Å². The first kappa shape index (κ1) is 15.1. The first-order chi connectivity index (χ1) is 8.75. The molecule has 0 saturated carbocycles. The van der Waals surface area contributed by atoms with Crippen molar-refractivity contribution in [3.8, 4) is 0 Å². The summed E-state index contributed by atoms with van der Waals surface area (Å²) in [4.78, 5) is 26.6. The van der Waals surface area contributed by atoms with Crippen LogP contribution in [-0.4, -0.2) is 49.9 Å². The second-order valence-electron chi connectivity index (χ2n) is 5.13. The van der Waals surface area contributed by atoms with Gasteiger partial charge in [-0.3, -0.25) is 9.89 Å². The van der Waals surface area contributed by atoms with Crippen LogP contribution < -0.4 is 5.32 Å². The molecule has 1 rings (SSSR count). The Balaban J connectivity index is 2.78. The van der Waals surface area contributed by atoms with Gasteiger partial charge < -0.3 is 15.5 Å². The van der Waals surface area contributed by atoms with E-state index in [9.17, 15) is 9.59 Å². The second kappa shape index (κ2) is 5.79. The van der Waals surface area contributed by atoms with Gasteiger partial charge in [-0.2, -0.15) is 0 Å². The fourth-order valence-electron chi connectivity index (χ4n) is 1.31. The summed E-state index contributed by atoms with van der Waals surface area (Å²) >= 11 is 0. The molecule has 1 heterocycles. The highest BCUT2D eigenvalue weighted by molar-refractivity contribution is 5.93. The first-order valence-corrected chi connectivity index (χ1v) is 5.83. The van der Waals surface area contributed by atoms with Crippen molar-refractivity contribution in [1.29, 1.82) is 0 Å². The van der Waals surface area contributed by atoms with Crippen LogP contribution in [0.4, 0.5) is 0 Å². The van der Waals surface area contributed by atoms with Crippen LogP contribution in [0.5, 0.6) is 0 Å². The number of aliphatic carboxylic acids is 1. The Morgan fingerprint density at radius 3 is 2.47 bits per heavy atom. The summed E-state index contributed by atoms with van der Waals surface area (Å²) in [5, 5.41) is 26.2. The minimum absolute atomic E-state index is 0.0718. The minimum atomic E-state index is -1.21. The SMILES string of the molecule is CC(C)(C)c1nc(C(=O)NC(CCO)C(=O)O)n[nH]1. The Bertz CT molecular complexity index is 464. The summed E-state index contributed by atoms with van der Waals surface area (Å²) < 4.78 is 0. The van der Waals surface area contributed by atoms with Crippen molar-refractivity contribution in [2.45, 2.75) is 38.6 Å². The van der Waals surface area contributed by atoms with E-state index in [0.29, 0.717) is 5.82 Å².